The first-order chi connectivity index (χ1) is 18.3. The highest BCUT2D eigenvalue weighted by molar-refractivity contribution is 7.26. The summed E-state index contributed by atoms with van der Waals surface area (Å²) in [5.74, 6) is 0. The van der Waals surface area contributed by atoms with Gasteiger partial charge in [-0.1, -0.05) is 66.7 Å². The zero-order valence-corrected chi connectivity index (χ0v) is 21.5. The minimum absolute atomic E-state index is 1.16. The first-order valence-corrected chi connectivity index (χ1v) is 14.1. The predicted molar refractivity (Wildman–Crippen MR) is 164 cm³/mol. The number of nitrogens with zero attached hydrogens (tertiary/aromatic N) is 1. The van der Waals surface area contributed by atoms with E-state index in [0.29, 0.717) is 0 Å². The Morgan fingerprint density at radius 3 is 1.97 bits per heavy atom. The van der Waals surface area contributed by atoms with Gasteiger partial charge >= 0.3 is 0 Å². The molecule has 0 aliphatic heterocycles. The molecule has 8 aromatic rings. The minimum atomic E-state index is 1.16. The second kappa shape index (κ2) is 8.17. The molecule has 0 saturated carbocycles. The summed E-state index contributed by atoms with van der Waals surface area (Å²) < 4.78 is 5.31. The lowest BCUT2D eigenvalue weighted by atomic mass is 10.0. The van der Waals surface area contributed by atoms with Gasteiger partial charge in [0.25, 0.3) is 0 Å². The van der Waals surface area contributed by atoms with Crippen molar-refractivity contribution < 1.29 is 0 Å². The molecule has 0 atom stereocenters. The van der Waals surface area contributed by atoms with Crippen molar-refractivity contribution in [3.8, 4) is 0 Å². The van der Waals surface area contributed by atoms with Crippen LogP contribution in [0, 0.1) is 0 Å². The first-order valence-electron chi connectivity index (χ1n) is 12.4. The highest BCUT2D eigenvalue weighted by Crippen LogP contribution is 2.45. The average Bonchev–Trinajstić information content (AvgIpc) is 3.51. The van der Waals surface area contributed by atoms with Crippen LogP contribution in [-0.2, 0) is 0 Å². The molecular weight excluding hydrogens is 487 g/mol. The Morgan fingerprint density at radius 1 is 0.405 bits per heavy atom. The van der Waals surface area contributed by atoms with Crippen molar-refractivity contribution >= 4 is 90.9 Å². The Bertz CT molecular complexity index is 2100. The summed E-state index contributed by atoms with van der Waals surface area (Å²) in [6.45, 7) is 0. The number of hydrogen-bond acceptors (Lipinski definition) is 3. The van der Waals surface area contributed by atoms with Gasteiger partial charge in [-0.2, -0.15) is 0 Å². The van der Waals surface area contributed by atoms with E-state index < -0.39 is 0 Å². The monoisotopic (exact) mass is 507 g/mol. The highest BCUT2D eigenvalue weighted by Gasteiger charge is 2.18. The fraction of sp³-hybridized carbons (Fsp3) is 0. The molecule has 0 fully saturated rings. The molecule has 0 spiro atoms. The maximum Gasteiger partial charge on any atom is 0.0554 e. The Hall–Kier alpha value is -4.18. The van der Waals surface area contributed by atoms with Gasteiger partial charge in [-0.05, 0) is 71.4 Å². The van der Waals surface area contributed by atoms with Crippen molar-refractivity contribution in [3.63, 3.8) is 0 Å². The summed E-state index contributed by atoms with van der Waals surface area (Å²) in [7, 11) is 0. The van der Waals surface area contributed by atoms with Crippen LogP contribution in [0.3, 0.4) is 0 Å². The second-order valence-corrected chi connectivity index (χ2v) is 11.6. The summed E-state index contributed by atoms with van der Waals surface area (Å²) in [6, 6.07) is 46.5. The van der Waals surface area contributed by atoms with Crippen LogP contribution in [0.4, 0.5) is 17.1 Å². The van der Waals surface area contributed by atoms with Crippen molar-refractivity contribution in [1.82, 2.24) is 0 Å². The van der Waals surface area contributed by atoms with Crippen molar-refractivity contribution in [2.24, 2.45) is 0 Å². The van der Waals surface area contributed by atoms with Crippen molar-refractivity contribution in [2.45, 2.75) is 0 Å². The quantitative estimate of drug-likeness (QED) is 0.230. The number of thiophene rings is 2. The van der Waals surface area contributed by atoms with Crippen LogP contribution in [0.5, 0.6) is 0 Å². The van der Waals surface area contributed by atoms with Crippen LogP contribution < -0.4 is 4.90 Å². The molecule has 0 N–H and O–H groups in total. The summed E-state index contributed by atoms with van der Waals surface area (Å²) >= 11 is 3.74. The number of fused-ring (bicyclic) bond motifs is 7. The lowest BCUT2D eigenvalue weighted by Gasteiger charge is -2.26. The van der Waals surface area contributed by atoms with E-state index in [1.165, 1.54) is 62.5 Å². The lowest BCUT2D eigenvalue weighted by molar-refractivity contribution is 1.31. The predicted octanol–water partition coefficient (Wildman–Crippen LogP) is 11.0. The van der Waals surface area contributed by atoms with E-state index in [2.05, 4.69) is 132 Å². The average molecular weight is 508 g/mol. The number of para-hydroxylation sites is 1. The van der Waals surface area contributed by atoms with Gasteiger partial charge < -0.3 is 4.90 Å². The van der Waals surface area contributed by atoms with E-state index in [1.807, 2.05) is 22.7 Å². The smallest absolute Gasteiger partial charge is 0.0554 e. The van der Waals surface area contributed by atoms with Gasteiger partial charge in [-0.25, -0.2) is 0 Å². The molecule has 0 amide bonds. The second-order valence-electron chi connectivity index (χ2n) is 9.40. The normalized spacial score (nSPS) is 11.8. The topological polar surface area (TPSA) is 3.24 Å². The van der Waals surface area contributed by atoms with Gasteiger partial charge in [0.05, 0.1) is 5.69 Å². The van der Waals surface area contributed by atoms with E-state index in [4.69, 9.17) is 0 Å². The van der Waals surface area contributed by atoms with Gasteiger partial charge in [0, 0.05) is 51.7 Å². The molecule has 2 heterocycles. The molecule has 0 bridgehead atoms. The van der Waals surface area contributed by atoms with Gasteiger partial charge in [0.15, 0.2) is 0 Å². The van der Waals surface area contributed by atoms with Crippen molar-refractivity contribution in [2.75, 3.05) is 4.90 Å². The molecule has 1 nitrogen and oxygen atoms in total. The van der Waals surface area contributed by atoms with Crippen LogP contribution in [0.15, 0.2) is 127 Å². The van der Waals surface area contributed by atoms with Crippen LogP contribution in [0.25, 0.3) is 51.1 Å². The zero-order valence-electron chi connectivity index (χ0n) is 19.9. The van der Waals surface area contributed by atoms with Gasteiger partial charge in [-0.15, -0.1) is 22.7 Å². The number of benzene rings is 6. The maximum absolute atomic E-state index is 2.41. The van der Waals surface area contributed by atoms with Gasteiger partial charge in [0.2, 0.25) is 0 Å². The number of rotatable bonds is 3. The van der Waals surface area contributed by atoms with Crippen molar-refractivity contribution in [1.29, 1.82) is 0 Å². The lowest BCUT2D eigenvalue weighted by Crippen LogP contribution is -2.10. The summed E-state index contributed by atoms with van der Waals surface area (Å²) in [5.41, 5.74) is 3.54. The van der Waals surface area contributed by atoms with Gasteiger partial charge in [0.1, 0.15) is 0 Å². The zero-order chi connectivity index (χ0) is 24.3. The molecule has 0 aliphatic rings. The number of hydrogen-bond donors (Lipinski definition) is 0. The first kappa shape index (κ1) is 21.0. The molecule has 0 radical (unpaired) electrons. The third-order valence-corrected chi connectivity index (χ3v) is 9.48. The summed E-state index contributed by atoms with van der Waals surface area (Å²) in [6.07, 6.45) is 0. The van der Waals surface area contributed by atoms with Crippen LogP contribution in [0.2, 0.25) is 0 Å². The molecule has 37 heavy (non-hydrogen) atoms. The largest absolute Gasteiger partial charge is 0.310 e. The molecular formula is C34H21NS2. The van der Waals surface area contributed by atoms with E-state index >= 15 is 0 Å². The Morgan fingerprint density at radius 2 is 1.11 bits per heavy atom. The molecule has 6 aromatic carbocycles. The number of anilines is 3. The molecule has 0 aliphatic carbocycles. The van der Waals surface area contributed by atoms with Crippen molar-refractivity contribution in [3.05, 3.63) is 127 Å². The molecule has 0 unspecified atom stereocenters. The minimum Gasteiger partial charge on any atom is -0.310 e. The molecule has 2 aromatic heterocycles. The Labute approximate surface area is 222 Å². The molecule has 0 saturated heterocycles. The van der Waals surface area contributed by atoms with E-state index in [9.17, 15) is 0 Å². The Kier molecular flexibility index (Phi) is 4.63. The maximum atomic E-state index is 2.41. The summed E-state index contributed by atoms with van der Waals surface area (Å²) in [5, 5.41) is 7.84. The molecule has 174 valence electrons. The fourth-order valence-electron chi connectivity index (χ4n) is 5.54. The standard InChI is InChI=1S/C34H21NS2/c1-2-9-24(10-3-1)35(29-13-8-16-32-34(29)27-12-5-7-15-31(27)36-32)25-18-17-22-20-28-26-11-4-6-14-30(26)37-33(28)21-23(22)19-25/h1-21H. The van der Waals surface area contributed by atoms with E-state index in [-0.39, 0.29) is 0 Å². The third-order valence-electron chi connectivity index (χ3n) is 7.21. The molecule has 3 heteroatoms. The van der Waals surface area contributed by atoms with Crippen LogP contribution in [0.1, 0.15) is 0 Å². The third kappa shape index (κ3) is 3.28. The van der Waals surface area contributed by atoms with Crippen LogP contribution in [-0.4, -0.2) is 0 Å². The summed E-state index contributed by atoms with van der Waals surface area (Å²) in [4.78, 5) is 2.41. The SMILES string of the molecule is c1ccc(N(c2ccc3cc4c(cc3c2)sc2ccccc24)c2cccc3sc4ccccc4c23)cc1. The van der Waals surface area contributed by atoms with Crippen LogP contribution >= 0.6 is 22.7 Å². The Balaban J connectivity index is 1.40. The fourth-order valence-corrected chi connectivity index (χ4v) is 7.80. The van der Waals surface area contributed by atoms with Gasteiger partial charge in [-0.3, -0.25) is 0 Å². The van der Waals surface area contributed by atoms with E-state index in [1.54, 1.807) is 0 Å². The highest BCUT2D eigenvalue weighted by atomic mass is 32.1. The van der Waals surface area contributed by atoms with E-state index in [0.717, 1.165) is 5.69 Å². The molecule has 8 rings (SSSR count).